The number of carboxylic acids is 2. The minimum atomic E-state index is -0.767. The molecule has 0 radical (unpaired) electrons. The van der Waals surface area contributed by atoms with E-state index in [4.69, 9.17) is 47.4 Å². The number of carboxylic acid groups (broad SMARTS) is 2. The van der Waals surface area contributed by atoms with Gasteiger partial charge in [-0.15, -0.1) is 0 Å². The Morgan fingerprint density at radius 3 is 0.676 bits per heavy atom. The van der Waals surface area contributed by atoms with Crippen LogP contribution in [-0.4, -0.2) is 76.7 Å². The second kappa shape index (κ2) is 47.0. The van der Waals surface area contributed by atoms with Gasteiger partial charge in [-0.25, -0.2) is 17.6 Å². The maximum absolute atomic E-state index is 14.8. The van der Waals surface area contributed by atoms with Crippen LogP contribution in [0.2, 0.25) is 0 Å². The molecule has 0 amide bonds. The van der Waals surface area contributed by atoms with Gasteiger partial charge in [0.05, 0.1) is 68.3 Å². The highest BCUT2D eigenvalue weighted by Crippen LogP contribution is 2.47. The number of carbonyl (C=O) groups is 4. The van der Waals surface area contributed by atoms with Crippen LogP contribution in [-0.2, 0) is 102 Å². The molecule has 20 heteroatoms. The third-order valence-electron chi connectivity index (χ3n) is 27.4. The molecule has 0 aliphatic heterocycles. The summed E-state index contributed by atoms with van der Waals surface area (Å²) in [5.41, 5.74) is 22.3. The summed E-state index contributed by atoms with van der Waals surface area (Å²) < 4.78 is 115. The van der Waals surface area contributed by atoms with Gasteiger partial charge >= 0.3 is 23.9 Å². The molecule has 4 atom stereocenters. The summed E-state index contributed by atoms with van der Waals surface area (Å²) in [6, 6.07) is 67.8. The van der Waals surface area contributed by atoms with Crippen LogP contribution in [0.15, 0.2) is 218 Å². The maximum Gasteiger partial charge on any atom is 0.306 e. The second-order valence-electron chi connectivity index (χ2n) is 41.6. The lowest BCUT2D eigenvalue weighted by Gasteiger charge is -2.26. The summed E-state index contributed by atoms with van der Waals surface area (Å²) in [6.07, 6.45) is 13.0. The molecule has 142 heavy (non-hydrogen) atoms. The number of carbonyl (C=O) groups excluding carboxylic acids is 2. The van der Waals surface area contributed by atoms with Crippen LogP contribution in [0.5, 0.6) is 46.0 Å². The predicted molar refractivity (Wildman–Crippen MR) is 552 cm³/mol. The van der Waals surface area contributed by atoms with Crippen LogP contribution in [0, 0.1) is 23.3 Å². The molecule has 0 bridgehead atoms. The van der Waals surface area contributed by atoms with E-state index in [0.29, 0.717) is 84.5 Å². The van der Waals surface area contributed by atoms with Crippen molar-refractivity contribution in [3.8, 4) is 90.5 Å². The van der Waals surface area contributed by atoms with Gasteiger partial charge in [0.1, 0.15) is 95.7 Å². The fourth-order valence-electron chi connectivity index (χ4n) is 19.9. The molecule has 0 fully saturated rings. The minimum absolute atomic E-state index is 0.0318. The number of esters is 2. The summed E-state index contributed by atoms with van der Waals surface area (Å²) in [5.74, 6) is 2.88. The van der Waals surface area contributed by atoms with Crippen LogP contribution < -0.4 is 37.9 Å². The van der Waals surface area contributed by atoms with Gasteiger partial charge in [0.15, 0.2) is 0 Å². The van der Waals surface area contributed by atoms with Gasteiger partial charge in [-0.2, -0.15) is 0 Å². The maximum atomic E-state index is 14.8. The number of fused-ring (bicyclic) bond motifs is 4. The molecule has 0 saturated carbocycles. The largest absolute Gasteiger partial charge is 0.497 e. The van der Waals surface area contributed by atoms with Gasteiger partial charge < -0.3 is 57.6 Å². The molecule has 16 nitrogen and oxygen atoms in total. The normalized spacial score (nSPS) is 15.3. The average molecular weight is 1930 g/mol. The molecule has 12 aromatic carbocycles. The molecule has 0 spiro atoms. The van der Waals surface area contributed by atoms with Crippen LogP contribution in [0.1, 0.15) is 273 Å². The lowest BCUT2D eigenvalue weighted by molar-refractivity contribution is -0.142. The van der Waals surface area contributed by atoms with Gasteiger partial charge in [-0.3, -0.25) is 19.2 Å². The van der Waals surface area contributed by atoms with Gasteiger partial charge in [0.2, 0.25) is 0 Å². The van der Waals surface area contributed by atoms with E-state index >= 15 is 0 Å². The Labute approximate surface area is 834 Å². The van der Waals surface area contributed by atoms with Gasteiger partial charge in [-0.1, -0.05) is 180 Å². The van der Waals surface area contributed by atoms with Crippen LogP contribution >= 0.6 is 0 Å². The Kier molecular flexibility index (Phi) is 35.1. The predicted octanol–water partition coefficient (Wildman–Crippen LogP) is 29.3. The number of aryl methyl sites for hydroxylation is 4. The first kappa shape index (κ1) is 106. The third-order valence-corrected chi connectivity index (χ3v) is 27.4. The van der Waals surface area contributed by atoms with Crippen molar-refractivity contribution in [2.45, 2.75) is 258 Å². The number of aliphatic carboxylic acids is 2. The van der Waals surface area contributed by atoms with E-state index < -0.39 is 11.9 Å². The Bertz CT molecular complexity index is 6100. The number of halogens is 4. The SMILES string of the molecule is COC(=O)C[C@@H]1CCCc2ccc(OCc3ccc(-c4cc(OC)ccc4F)c(C(C)(C)C)c3)cc21.COC(=O)C[C@H]1CCCc2ccc(OCc3ccc(-c4cc(OC)ccc4F)c(C(C)(C)C)c3)cc21.COc1ccc(F)c(-c2ccc(COc3ccc4c(c3)[C@@H](CC(=O)O)CCC4)cc2C(C)(C)C)c1.COc1ccc(F)c(-c2ccc(COc3ccc4c(c3)[C@H](CC(=O)O)CCC4)cc2C(C)(C)C)c1. The van der Waals surface area contributed by atoms with Gasteiger partial charge in [-0.05, 0) is 355 Å². The average Bonchev–Trinajstić information content (AvgIpc) is 0.789. The van der Waals surface area contributed by atoms with E-state index in [-0.39, 0.29) is 93.4 Å². The molecule has 4 aliphatic carbocycles. The standard InChI is InChI=1S/2C31H35FO4.2C30H33FO4/c2*1-31(2,3)28-15-20(9-13-25(28)27-17-23(34-4)12-14-29(27)32)19-36-24-11-10-21-7-6-8-22(26(21)18-24)16-30(33)35-5;2*1-30(2,3)27-14-19(8-12-24(27)26-16-22(34-4)11-13-28(26)31)18-35-23-10-9-20-6-5-7-21(15-29(32)33)25(20)17-23/h2*9-15,17-18,22H,6-8,16,19H2,1-5H3;2*8-14,16-17,21H,5-7,15,18H2,1-4H3,(H,32,33)/t2*22-;2*21-/m1010/s1. The van der Waals surface area contributed by atoms with Crippen molar-refractivity contribution < 1.29 is 94.3 Å². The van der Waals surface area contributed by atoms with E-state index in [1.54, 1.807) is 77.0 Å². The van der Waals surface area contributed by atoms with E-state index in [1.807, 2.05) is 84.9 Å². The topological polar surface area (TPSA) is 201 Å². The summed E-state index contributed by atoms with van der Waals surface area (Å²) in [7, 11) is 9.19. The van der Waals surface area contributed by atoms with Crippen LogP contribution in [0.4, 0.5) is 17.6 Å². The summed E-state index contributed by atoms with van der Waals surface area (Å²) in [6.45, 7) is 26.9. The quantitative estimate of drug-likeness (QED) is 0.0346. The number of methoxy groups -OCH3 is 6. The van der Waals surface area contributed by atoms with Gasteiger partial charge in [0.25, 0.3) is 0 Å². The second-order valence-corrected chi connectivity index (χ2v) is 41.6. The zero-order valence-electron chi connectivity index (χ0n) is 85.4. The number of rotatable bonds is 28. The highest BCUT2D eigenvalue weighted by Gasteiger charge is 2.33. The first-order chi connectivity index (χ1) is 67.7. The summed E-state index contributed by atoms with van der Waals surface area (Å²) >= 11 is 0. The number of hydrogen-bond donors (Lipinski definition) is 2. The van der Waals surface area contributed by atoms with Crippen LogP contribution in [0.25, 0.3) is 44.5 Å². The lowest BCUT2D eigenvalue weighted by Crippen LogP contribution is -2.15. The molecular formula is C122H136F4O16. The van der Waals surface area contributed by atoms with Gasteiger partial charge in [0, 0.05) is 22.3 Å². The first-order valence-electron chi connectivity index (χ1n) is 49.2. The molecular weight excluding hydrogens is 1800 g/mol. The highest BCUT2D eigenvalue weighted by molar-refractivity contribution is 5.77. The summed E-state index contributed by atoms with van der Waals surface area (Å²) in [4.78, 5) is 46.4. The molecule has 2 N–H and O–H groups in total. The van der Waals surface area contributed by atoms with Crippen molar-refractivity contribution in [1.82, 2.24) is 0 Å². The van der Waals surface area contributed by atoms with E-state index in [2.05, 4.69) is 144 Å². The number of hydrogen-bond acceptors (Lipinski definition) is 14. The highest BCUT2D eigenvalue weighted by atomic mass is 19.1. The number of benzene rings is 12. The molecule has 0 heterocycles. The molecule has 0 saturated heterocycles. The summed E-state index contributed by atoms with van der Waals surface area (Å²) in [5, 5.41) is 18.6. The van der Waals surface area contributed by atoms with E-state index in [0.717, 1.165) is 178 Å². The molecule has 0 unspecified atom stereocenters. The molecule has 0 aromatic heterocycles. The van der Waals surface area contributed by atoms with E-state index in [9.17, 15) is 47.0 Å². The van der Waals surface area contributed by atoms with Crippen molar-refractivity contribution in [3.05, 3.63) is 331 Å². The Balaban J connectivity index is 0.000000159. The lowest BCUT2D eigenvalue weighted by atomic mass is 9.80. The zero-order valence-corrected chi connectivity index (χ0v) is 85.4. The van der Waals surface area contributed by atoms with Crippen molar-refractivity contribution >= 4 is 23.9 Å². The van der Waals surface area contributed by atoms with Crippen molar-refractivity contribution in [3.63, 3.8) is 0 Å². The van der Waals surface area contributed by atoms with Crippen molar-refractivity contribution in [2.24, 2.45) is 0 Å². The zero-order chi connectivity index (χ0) is 102. The van der Waals surface area contributed by atoms with Crippen LogP contribution in [0.3, 0.4) is 0 Å². The fourth-order valence-corrected chi connectivity index (χ4v) is 19.9. The minimum Gasteiger partial charge on any atom is -0.497 e. The van der Waals surface area contributed by atoms with Crippen molar-refractivity contribution in [2.75, 3.05) is 42.7 Å². The van der Waals surface area contributed by atoms with Crippen molar-refractivity contribution in [1.29, 1.82) is 0 Å². The van der Waals surface area contributed by atoms with E-state index in [1.165, 1.54) is 71.9 Å². The molecule has 16 rings (SSSR count). The monoisotopic (exact) mass is 1930 g/mol. The molecule has 4 aliphatic rings. The smallest absolute Gasteiger partial charge is 0.306 e. The number of ether oxygens (including phenoxy) is 10. The molecule has 12 aromatic rings. The molecule has 748 valence electrons. The fraction of sp³-hybridized carbons (Fsp3) is 0.377. The third kappa shape index (κ3) is 27.3. The Hall–Kier alpha value is -13.4. The first-order valence-corrected chi connectivity index (χ1v) is 49.2. The Morgan fingerprint density at radius 1 is 0.268 bits per heavy atom. The Morgan fingerprint density at radius 2 is 0.479 bits per heavy atom.